The molecule has 28 heavy (non-hydrogen) atoms. The molecule has 2 aromatic heterocycles. The normalized spacial score (nSPS) is 11.2. The molecule has 0 fully saturated rings. The molecule has 3 rings (SSSR count). The third-order valence-electron chi connectivity index (χ3n) is 3.79. The van der Waals surface area contributed by atoms with E-state index in [0.29, 0.717) is 41.5 Å². The molecule has 0 amide bonds. The summed E-state index contributed by atoms with van der Waals surface area (Å²) >= 11 is 11.9. The van der Waals surface area contributed by atoms with Gasteiger partial charge in [-0.05, 0) is 36.8 Å². The van der Waals surface area contributed by atoms with Crippen molar-refractivity contribution >= 4 is 58.8 Å². The van der Waals surface area contributed by atoms with E-state index in [1.807, 2.05) is 28.8 Å². The van der Waals surface area contributed by atoms with Gasteiger partial charge in [0, 0.05) is 24.8 Å². The van der Waals surface area contributed by atoms with Crippen molar-refractivity contribution in [3.8, 4) is 5.75 Å². The van der Waals surface area contributed by atoms with Crippen LogP contribution in [0.5, 0.6) is 5.75 Å². The molecule has 10 heteroatoms. The first-order chi connectivity index (χ1) is 13.2. The summed E-state index contributed by atoms with van der Waals surface area (Å²) in [4.78, 5) is 4.21. The number of ether oxygens (including phenoxy) is 1. The average molecular weight is 535 g/mol. The number of benzene rings is 1. The number of hydrogen-bond acceptors (Lipinski definition) is 4. The molecule has 1 aromatic carbocycles. The lowest BCUT2D eigenvalue weighted by atomic mass is 10.3. The molecule has 0 radical (unpaired) electrons. The second-order valence-corrected chi connectivity index (χ2v) is 6.52. The van der Waals surface area contributed by atoms with Crippen molar-refractivity contribution in [2.45, 2.75) is 13.0 Å². The van der Waals surface area contributed by atoms with Gasteiger partial charge in [0.05, 0.1) is 18.2 Å². The number of rotatable bonds is 7. The second-order valence-electron chi connectivity index (χ2n) is 5.67. The molecule has 0 saturated carbocycles. The van der Waals surface area contributed by atoms with Crippen LogP contribution in [0.15, 0.2) is 47.6 Å². The van der Waals surface area contributed by atoms with E-state index in [1.54, 1.807) is 25.2 Å². The molecule has 0 spiro atoms. The Kier molecular flexibility index (Phi) is 9.07. The van der Waals surface area contributed by atoms with Crippen LogP contribution < -0.4 is 15.4 Å². The van der Waals surface area contributed by atoms with Crippen molar-refractivity contribution in [3.63, 3.8) is 0 Å². The van der Waals surface area contributed by atoms with Gasteiger partial charge in [-0.3, -0.25) is 9.39 Å². The third-order valence-corrected chi connectivity index (χ3v) is 4.32. The Bertz CT molecular complexity index is 933. The van der Waals surface area contributed by atoms with Crippen LogP contribution in [-0.4, -0.2) is 40.8 Å². The zero-order valence-corrected chi connectivity index (χ0v) is 19.1. The highest BCUT2D eigenvalue weighted by Crippen LogP contribution is 2.27. The highest BCUT2D eigenvalue weighted by molar-refractivity contribution is 14.0. The molecule has 0 unspecified atom stereocenters. The van der Waals surface area contributed by atoms with E-state index in [0.717, 1.165) is 17.9 Å². The van der Waals surface area contributed by atoms with Crippen molar-refractivity contribution in [3.05, 3.63) is 58.5 Å². The van der Waals surface area contributed by atoms with Crippen LogP contribution in [0.4, 0.5) is 0 Å². The highest BCUT2D eigenvalue weighted by Gasteiger charge is 2.06. The lowest BCUT2D eigenvalue weighted by Gasteiger charge is -2.12. The Hall–Kier alpha value is -1.78. The fourth-order valence-corrected chi connectivity index (χ4v) is 2.91. The number of nitrogens with zero attached hydrogens (tertiary/aromatic N) is 4. The van der Waals surface area contributed by atoms with Gasteiger partial charge in [0.2, 0.25) is 0 Å². The molecule has 7 nitrogen and oxygen atoms in total. The lowest BCUT2D eigenvalue weighted by Crippen LogP contribution is -2.38. The quantitative estimate of drug-likeness (QED) is 0.209. The number of hydrogen-bond donors (Lipinski definition) is 2. The second kappa shape index (κ2) is 11.3. The number of guanidine groups is 1. The minimum Gasteiger partial charge on any atom is -0.492 e. The molecule has 2 N–H and O–H groups in total. The van der Waals surface area contributed by atoms with Crippen LogP contribution in [0, 0.1) is 0 Å². The summed E-state index contributed by atoms with van der Waals surface area (Å²) in [5.41, 5.74) is 0.815. The first-order valence-corrected chi connectivity index (χ1v) is 9.24. The Labute approximate surface area is 190 Å². The van der Waals surface area contributed by atoms with Gasteiger partial charge in [0.25, 0.3) is 0 Å². The Morgan fingerprint density at radius 1 is 1.18 bits per heavy atom. The van der Waals surface area contributed by atoms with Gasteiger partial charge in [-0.1, -0.05) is 29.3 Å². The van der Waals surface area contributed by atoms with Crippen LogP contribution in [0.2, 0.25) is 10.0 Å². The van der Waals surface area contributed by atoms with E-state index >= 15 is 0 Å². The molecule has 0 bridgehead atoms. The minimum atomic E-state index is 0. The van der Waals surface area contributed by atoms with Crippen molar-refractivity contribution in [1.29, 1.82) is 0 Å². The summed E-state index contributed by atoms with van der Waals surface area (Å²) in [6.45, 7) is 1.74. The summed E-state index contributed by atoms with van der Waals surface area (Å²) < 4.78 is 7.60. The first kappa shape index (κ1) is 22.5. The number of aliphatic imine (C=N–C) groups is 1. The summed E-state index contributed by atoms with van der Waals surface area (Å²) in [5.74, 6) is 2.13. The van der Waals surface area contributed by atoms with E-state index < -0.39 is 0 Å². The van der Waals surface area contributed by atoms with Crippen LogP contribution in [0.25, 0.3) is 5.65 Å². The summed E-state index contributed by atoms with van der Waals surface area (Å²) in [5, 5.41) is 15.9. The number of nitrogens with one attached hydrogen (secondary N) is 2. The van der Waals surface area contributed by atoms with Crippen LogP contribution in [0.1, 0.15) is 12.2 Å². The van der Waals surface area contributed by atoms with E-state index in [-0.39, 0.29) is 24.0 Å². The smallest absolute Gasteiger partial charge is 0.191 e. The van der Waals surface area contributed by atoms with Gasteiger partial charge in [0.15, 0.2) is 17.4 Å². The molecule has 0 aliphatic heterocycles. The maximum absolute atomic E-state index is 6.08. The van der Waals surface area contributed by atoms with Gasteiger partial charge in [0.1, 0.15) is 5.75 Å². The van der Waals surface area contributed by atoms with Crippen LogP contribution >= 0.6 is 47.2 Å². The number of halogens is 3. The van der Waals surface area contributed by atoms with E-state index in [1.165, 1.54) is 0 Å². The van der Waals surface area contributed by atoms with Gasteiger partial charge in [-0.15, -0.1) is 34.2 Å². The maximum atomic E-state index is 6.08. The Morgan fingerprint density at radius 2 is 2.04 bits per heavy atom. The standard InChI is InChI=1S/C18H20Cl2N6O.HI/c1-21-18(23-12-17-25-24-16-5-2-3-9-26(16)17)22-8-4-10-27-15-7-6-13(19)11-14(15)20;/h2-3,5-7,9,11H,4,8,10,12H2,1H3,(H2,21,22,23);1H. The van der Waals surface area contributed by atoms with Gasteiger partial charge in [-0.2, -0.15) is 0 Å². The average Bonchev–Trinajstić information content (AvgIpc) is 3.08. The summed E-state index contributed by atoms with van der Waals surface area (Å²) in [6.07, 6.45) is 2.72. The zero-order chi connectivity index (χ0) is 19.1. The number of aromatic nitrogens is 3. The maximum Gasteiger partial charge on any atom is 0.191 e. The van der Waals surface area contributed by atoms with Crippen molar-refractivity contribution in [2.24, 2.45) is 4.99 Å². The van der Waals surface area contributed by atoms with Crippen molar-refractivity contribution < 1.29 is 4.74 Å². The molecule has 0 aliphatic rings. The zero-order valence-electron chi connectivity index (χ0n) is 15.2. The van der Waals surface area contributed by atoms with Gasteiger partial charge < -0.3 is 15.4 Å². The van der Waals surface area contributed by atoms with Crippen molar-refractivity contribution in [1.82, 2.24) is 25.2 Å². The van der Waals surface area contributed by atoms with Gasteiger partial charge >= 0.3 is 0 Å². The molecular weight excluding hydrogens is 514 g/mol. The Balaban J connectivity index is 0.00000280. The van der Waals surface area contributed by atoms with Gasteiger partial charge in [-0.25, -0.2) is 0 Å². The van der Waals surface area contributed by atoms with Crippen LogP contribution in [0.3, 0.4) is 0 Å². The largest absolute Gasteiger partial charge is 0.492 e. The van der Waals surface area contributed by atoms with Crippen LogP contribution in [-0.2, 0) is 6.54 Å². The minimum absolute atomic E-state index is 0. The molecule has 2 heterocycles. The third kappa shape index (κ3) is 6.11. The molecule has 0 aliphatic carbocycles. The van der Waals surface area contributed by atoms with E-state index in [4.69, 9.17) is 27.9 Å². The highest BCUT2D eigenvalue weighted by atomic mass is 127. The number of pyridine rings is 1. The number of fused-ring (bicyclic) bond motifs is 1. The molecule has 0 saturated heterocycles. The summed E-state index contributed by atoms with van der Waals surface area (Å²) in [6, 6.07) is 11.0. The predicted octanol–water partition coefficient (Wildman–Crippen LogP) is 3.79. The molecule has 3 aromatic rings. The Morgan fingerprint density at radius 3 is 2.82 bits per heavy atom. The fraction of sp³-hybridized carbons (Fsp3) is 0.278. The SMILES string of the molecule is CN=C(NCCCOc1ccc(Cl)cc1Cl)NCc1nnc2ccccn12.I. The molecule has 150 valence electrons. The first-order valence-electron chi connectivity index (χ1n) is 8.48. The molecule has 0 atom stereocenters. The monoisotopic (exact) mass is 534 g/mol. The lowest BCUT2D eigenvalue weighted by molar-refractivity contribution is 0.311. The fourth-order valence-electron chi connectivity index (χ4n) is 2.45. The predicted molar refractivity (Wildman–Crippen MR) is 123 cm³/mol. The molecular formula is C18H21Cl2IN6O. The topological polar surface area (TPSA) is 75.8 Å². The van der Waals surface area contributed by atoms with E-state index in [2.05, 4.69) is 25.8 Å². The van der Waals surface area contributed by atoms with Crippen molar-refractivity contribution in [2.75, 3.05) is 20.2 Å². The van der Waals surface area contributed by atoms with E-state index in [9.17, 15) is 0 Å². The summed E-state index contributed by atoms with van der Waals surface area (Å²) in [7, 11) is 1.72.